The van der Waals surface area contributed by atoms with E-state index in [1.807, 2.05) is 97.9 Å². The molecule has 0 aromatic heterocycles. The first-order chi connectivity index (χ1) is 12.2. The molecule has 1 N–H and O–H groups in total. The van der Waals surface area contributed by atoms with Crippen LogP contribution in [0.4, 0.5) is 0 Å². The zero-order valence-electron chi connectivity index (χ0n) is 14.1. The maximum Gasteiger partial charge on any atom is 0.254 e. The molecule has 0 unspecified atom stereocenters. The van der Waals surface area contributed by atoms with E-state index < -0.39 is 5.41 Å². The molecule has 0 saturated carbocycles. The molecule has 0 saturated heterocycles. The van der Waals surface area contributed by atoms with Crippen molar-refractivity contribution in [1.82, 2.24) is 5.43 Å². The lowest BCUT2D eigenvalue weighted by molar-refractivity contribution is -0.124. The number of carbonyl (C=O) groups is 1. The van der Waals surface area contributed by atoms with Crippen LogP contribution in [0.5, 0.6) is 0 Å². The fraction of sp³-hybridized carbons (Fsp3) is 0.0909. The maximum absolute atomic E-state index is 13.0. The highest BCUT2D eigenvalue weighted by Gasteiger charge is 2.36. The van der Waals surface area contributed by atoms with Crippen LogP contribution in [-0.4, -0.2) is 12.1 Å². The number of hydrogen-bond acceptors (Lipinski definition) is 2. The average Bonchev–Trinajstić information content (AvgIpc) is 2.69. The molecule has 0 aliphatic rings. The zero-order valence-corrected chi connectivity index (χ0v) is 14.1. The molecular formula is C22H20N2O. The molecule has 0 fully saturated rings. The van der Waals surface area contributed by atoms with Gasteiger partial charge in [0.25, 0.3) is 5.91 Å². The van der Waals surface area contributed by atoms with Gasteiger partial charge in [0.2, 0.25) is 0 Å². The number of hydrogen-bond donors (Lipinski definition) is 1. The normalized spacial score (nSPS) is 11.4. The molecule has 0 aliphatic heterocycles. The van der Waals surface area contributed by atoms with Crippen LogP contribution in [0.2, 0.25) is 0 Å². The lowest BCUT2D eigenvalue weighted by Crippen LogP contribution is -2.41. The average molecular weight is 328 g/mol. The monoisotopic (exact) mass is 328 g/mol. The van der Waals surface area contributed by atoms with Crippen LogP contribution >= 0.6 is 0 Å². The molecule has 3 rings (SSSR count). The van der Waals surface area contributed by atoms with Gasteiger partial charge in [-0.25, -0.2) is 5.43 Å². The minimum atomic E-state index is -0.823. The fourth-order valence-corrected chi connectivity index (χ4v) is 2.79. The largest absolute Gasteiger partial charge is 0.272 e. The van der Waals surface area contributed by atoms with Gasteiger partial charge >= 0.3 is 0 Å². The van der Waals surface area contributed by atoms with Crippen molar-refractivity contribution in [3.63, 3.8) is 0 Å². The molecule has 0 bridgehead atoms. The van der Waals surface area contributed by atoms with E-state index in [2.05, 4.69) is 10.5 Å². The molecule has 124 valence electrons. The van der Waals surface area contributed by atoms with Crippen molar-refractivity contribution in [3.8, 4) is 0 Å². The van der Waals surface area contributed by atoms with Crippen molar-refractivity contribution in [3.05, 3.63) is 108 Å². The second-order valence-corrected chi connectivity index (χ2v) is 5.97. The number of hydrazone groups is 1. The molecule has 3 heteroatoms. The molecule has 0 atom stereocenters. The number of rotatable bonds is 5. The molecule has 0 aliphatic carbocycles. The summed E-state index contributed by atoms with van der Waals surface area (Å²) in [5, 5.41) is 4.13. The molecular weight excluding hydrogens is 308 g/mol. The Labute approximate surface area is 148 Å². The fourth-order valence-electron chi connectivity index (χ4n) is 2.79. The van der Waals surface area contributed by atoms with Crippen molar-refractivity contribution in [2.45, 2.75) is 12.3 Å². The SMILES string of the molecule is CC(C(=O)N/N=C/c1ccccc1)(c1ccccc1)c1ccccc1. The smallest absolute Gasteiger partial charge is 0.254 e. The number of nitrogens with zero attached hydrogens (tertiary/aromatic N) is 1. The molecule has 0 heterocycles. The van der Waals surface area contributed by atoms with E-state index in [1.54, 1.807) is 6.21 Å². The summed E-state index contributed by atoms with van der Waals surface area (Å²) in [6, 6.07) is 29.2. The highest BCUT2D eigenvalue weighted by molar-refractivity contribution is 5.92. The Balaban J connectivity index is 1.90. The van der Waals surface area contributed by atoms with Crippen molar-refractivity contribution in [2.24, 2.45) is 5.10 Å². The van der Waals surface area contributed by atoms with Crippen LogP contribution in [-0.2, 0) is 10.2 Å². The quantitative estimate of drug-likeness (QED) is 0.555. The first-order valence-electron chi connectivity index (χ1n) is 8.21. The van der Waals surface area contributed by atoms with E-state index in [9.17, 15) is 4.79 Å². The Morgan fingerprint density at radius 2 is 1.24 bits per heavy atom. The summed E-state index contributed by atoms with van der Waals surface area (Å²) in [5.74, 6) is -0.169. The van der Waals surface area contributed by atoms with Crippen molar-refractivity contribution < 1.29 is 4.79 Å². The van der Waals surface area contributed by atoms with E-state index in [-0.39, 0.29) is 5.91 Å². The molecule has 3 aromatic rings. The third-order valence-electron chi connectivity index (χ3n) is 4.34. The second kappa shape index (κ2) is 7.58. The maximum atomic E-state index is 13.0. The van der Waals surface area contributed by atoms with E-state index in [0.29, 0.717) is 0 Å². The summed E-state index contributed by atoms with van der Waals surface area (Å²) < 4.78 is 0. The number of amides is 1. The van der Waals surface area contributed by atoms with Gasteiger partial charge in [-0.05, 0) is 23.6 Å². The molecule has 0 spiro atoms. The predicted octanol–water partition coefficient (Wildman–Crippen LogP) is 4.14. The number of benzene rings is 3. The van der Waals surface area contributed by atoms with Crippen molar-refractivity contribution >= 4 is 12.1 Å². The lowest BCUT2D eigenvalue weighted by atomic mass is 9.75. The highest BCUT2D eigenvalue weighted by Crippen LogP contribution is 2.32. The van der Waals surface area contributed by atoms with E-state index in [4.69, 9.17) is 0 Å². The van der Waals surface area contributed by atoms with E-state index in [1.165, 1.54) is 0 Å². The van der Waals surface area contributed by atoms with Gasteiger partial charge < -0.3 is 0 Å². The summed E-state index contributed by atoms with van der Waals surface area (Å²) in [5.41, 5.74) is 4.66. The summed E-state index contributed by atoms with van der Waals surface area (Å²) in [7, 11) is 0. The zero-order chi connectivity index (χ0) is 17.5. The van der Waals surface area contributed by atoms with Gasteiger partial charge in [-0.3, -0.25) is 4.79 Å². The lowest BCUT2D eigenvalue weighted by Gasteiger charge is -2.28. The number of nitrogens with one attached hydrogen (secondary N) is 1. The van der Waals surface area contributed by atoms with Crippen LogP contribution in [0, 0.1) is 0 Å². The summed E-state index contributed by atoms with van der Waals surface area (Å²) in [6.07, 6.45) is 1.65. The third-order valence-corrected chi connectivity index (χ3v) is 4.34. The van der Waals surface area contributed by atoms with E-state index >= 15 is 0 Å². The first-order valence-corrected chi connectivity index (χ1v) is 8.21. The van der Waals surface area contributed by atoms with Gasteiger partial charge in [0.05, 0.1) is 11.6 Å². The van der Waals surface area contributed by atoms with Crippen molar-refractivity contribution in [2.75, 3.05) is 0 Å². The van der Waals surface area contributed by atoms with Crippen LogP contribution in [0.15, 0.2) is 96.1 Å². The van der Waals surface area contributed by atoms with Gasteiger partial charge in [0, 0.05) is 0 Å². The summed E-state index contributed by atoms with van der Waals surface area (Å²) in [4.78, 5) is 13.0. The molecule has 3 aromatic carbocycles. The molecule has 1 amide bonds. The van der Waals surface area contributed by atoms with Gasteiger partial charge in [-0.15, -0.1) is 0 Å². The standard InChI is InChI=1S/C22H20N2O/c1-22(19-13-7-3-8-14-19,20-15-9-4-10-16-20)21(25)24-23-17-18-11-5-2-6-12-18/h2-17H,1H3,(H,24,25)/b23-17+. The Hall–Kier alpha value is -3.20. The third kappa shape index (κ3) is 3.66. The first kappa shape index (κ1) is 16.7. The van der Waals surface area contributed by atoms with Gasteiger partial charge in [0.15, 0.2) is 0 Å². The van der Waals surface area contributed by atoms with E-state index in [0.717, 1.165) is 16.7 Å². The van der Waals surface area contributed by atoms with Crippen LogP contribution in [0.1, 0.15) is 23.6 Å². The number of carbonyl (C=O) groups excluding carboxylic acids is 1. The molecule has 25 heavy (non-hydrogen) atoms. The predicted molar refractivity (Wildman–Crippen MR) is 102 cm³/mol. The van der Waals surface area contributed by atoms with Gasteiger partial charge in [-0.2, -0.15) is 5.10 Å². The highest BCUT2D eigenvalue weighted by atomic mass is 16.2. The van der Waals surface area contributed by atoms with Crippen LogP contribution in [0.25, 0.3) is 0 Å². The van der Waals surface area contributed by atoms with Crippen molar-refractivity contribution in [1.29, 1.82) is 0 Å². The molecule has 3 nitrogen and oxygen atoms in total. The topological polar surface area (TPSA) is 41.5 Å². The van der Waals surface area contributed by atoms with Crippen LogP contribution < -0.4 is 5.43 Å². The Morgan fingerprint density at radius 3 is 1.72 bits per heavy atom. The summed E-state index contributed by atoms with van der Waals surface area (Å²) >= 11 is 0. The minimum Gasteiger partial charge on any atom is -0.272 e. The Bertz CT molecular complexity index is 803. The second-order valence-electron chi connectivity index (χ2n) is 5.97. The van der Waals surface area contributed by atoms with Gasteiger partial charge in [-0.1, -0.05) is 91.0 Å². The van der Waals surface area contributed by atoms with Gasteiger partial charge in [0.1, 0.15) is 0 Å². The Morgan fingerprint density at radius 1 is 0.800 bits per heavy atom. The Kier molecular flexibility index (Phi) is 5.05. The molecule has 0 radical (unpaired) electrons. The summed E-state index contributed by atoms with van der Waals surface area (Å²) in [6.45, 7) is 1.92. The van der Waals surface area contributed by atoms with Crippen LogP contribution in [0.3, 0.4) is 0 Å². The minimum absolute atomic E-state index is 0.169.